The third kappa shape index (κ3) is 5.84. The van der Waals surface area contributed by atoms with Gasteiger partial charge in [0.25, 0.3) is 0 Å². The molecule has 286 valence electrons. The standard InChI is InChI=1S/C59H45N/c1-38-15-12-21-44(31-38)60(45-22-13-16-39(2)32-45)46-28-30-52-51-29-27-43(34-57(51)59(3,4)58(52)35-46)54-37-56-49-25-10-8-23-47(49)53(36-55(56)50-26-11-9-24-48(50)54)42-20-14-19-41(33-42)40-17-6-5-7-18-40/h5-37H,1-4H3. The third-order valence-electron chi connectivity index (χ3n) is 12.9. The minimum Gasteiger partial charge on any atom is -0.310 e. The maximum atomic E-state index is 2.48. The van der Waals surface area contributed by atoms with E-state index in [1.165, 1.54) is 116 Å². The number of benzene rings is 10. The summed E-state index contributed by atoms with van der Waals surface area (Å²) in [5.74, 6) is 0. The quantitative estimate of drug-likeness (QED) is 0.152. The lowest BCUT2D eigenvalue weighted by Gasteiger charge is -2.28. The largest absolute Gasteiger partial charge is 0.310 e. The zero-order valence-corrected chi connectivity index (χ0v) is 34.5. The molecule has 1 aliphatic rings. The van der Waals surface area contributed by atoms with Crippen LogP contribution in [0.4, 0.5) is 17.1 Å². The van der Waals surface area contributed by atoms with Crippen LogP contribution in [0.1, 0.15) is 36.1 Å². The summed E-state index contributed by atoms with van der Waals surface area (Å²) in [7, 11) is 0. The van der Waals surface area contributed by atoms with Crippen LogP contribution in [0.15, 0.2) is 200 Å². The lowest BCUT2D eigenvalue weighted by atomic mass is 9.81. The maximum absolute atomic E-state index is 2.48. The SMILES string of the molecule is Cc1cccc(N(c2cccc(C)c2)c2ccc3c(c2)C(C)(C)c2cc(-c4cc5c6ccccc6c(-c6cccc(-c7ccccc7)c6)cc5c5ccccc45)ccc2-3)c1. The Morgan fingerprint density at radius 3 is 1.37 bits per heavy atom. The monoisotopic (exact) mass is 767 g/mol. The molecular formula is C59H45N. The van der Waals surface area contributed by atoms with E-state index in [1.54, 1.807) is 0 Å². The number of fused-ring (bicyclic) bond motifs is 8. The Balaban J connectivity index is 1.05. The Labute approximate surface area is 352 Å². The van der Waals surface area contributed by atoms with Crippen LogP contribution >= 0.6 is 0 Å². The molecule has 0 saturated heterocycles. The first-order chi connectivity index (χ1) is 29.3. The molecule has 0 aliphatic heterocycles. The molecule has 0 amide bonds. The van der Waals surface area contributed by atoms with Crippen molar-refractivity contribution in [3.63, 3.8) is 0 Å². The van der Waals surface area contributed by atoms with Gasteiger partial charge in [0.15, 0.2) is 0 Å². The number of aryl methyl sites for hydroxylation is 2. The van der Waals surface area contributed by atoms with Gasteiger partial charge in [0, 0.05) is 22.5 Å². The number of hydrogen-bond acceptors (Lipinski definition) is 1. The minimum absolute atomic E-state index is 0.204. The summed E-state index contributed by atoms with van der Waals surface area (Å²) >= 11 is 0. The van der Waals surface area contributed by atoms with E-state index in [4.69, 9.17) is 0 Å². The number of nitrogens with zero attached hydrogens (tertiary/aromatic N) is 1. The number of anilines is 3. The molecule has 0 atom stereocenters. The molecule has 0 saturated carbocycles. The molecule has 1 heteroatoms. The summed E-state index contributed by atoms with van der Waals surface area (Å²) in [5, 5.41) is 7.64. The predicted octanol–water partition coefficient (Wildman–Crippen LogP) is 16.5. The van der Waals surface area contributed by atoms with Crippen LogP contribution in [-0.4, -0.2) is 0 Å². The average Bonchev–Trinajstić information content (AvgIpc) is 3.51. The molecule has 60 heavy (non-hydrogen) atoms. The predicted molar refractivity (Wildman–Crippen MR) is 257 cm³/mol. The van der Waals surface area contributed by atoms with Gasteiger partial charge in [-0.2, -0.15) is 0 Å². The fraction of sp³-hybridized carbons (Fsp3) is 0.0847. The molecule has 0 unspecified atom stereocenters. The summed E-state index contributed by atoms with van der Waals surface area (Å²) in [4.78, 5) is 2.40. The van der Waals surface area contributed by atoms with Gasteiger partial charge in [0.2, 0.25) is 0 Å². The third-order valence-corrected chi connectivity index (χ3v) is 12.9. The van der Waals surface area contributed by atoms with Crippen molar-refractivity contribution in [1.29, 1.82) is 0 Å². The van der Waals surface area contributed by atoms with Crippen molar-refractivity contribution in [1.82, 2.24) is 0 Å². The zero-order chi connectivity index (χ0) is 40.5. The Bertz CT molecular complexity index is 3270. The minimum atomic E-state index is -0.204. The fourth-order valence-electron chi connectivity index (χ4n) is 9.94. The summed E-state index contributed by atoms with van der Waals surface area (Å²) < 4.78 is 0. The molecule has 0 spiro atoms. The molecular weight excluding hydrogens is 723 g/mol. The van der Waals surface area contributed by atoms with Crippen LogP contribution in [0.3, 0.4) is 0 Å². The Hall–Kier alpha value is -7.22. The second-order valence-corrected chi connectivity index (χ2v) is 17.1. The van der Waals surface area contributed by atoms with Crippen LogP contribution in [0.25, 0.3) is 76.8 Å². The van der Waals surface area contributed by atoms with Gasteiger partial charge in [0.1, 0.15) is 0 Å². The van der Waals surface area contributed by atoms with E-state index in [9.17, 15) is 0 Å². The highest BCUT2D eigenvalue weighted by Gasteiger charge is 2.36. The van der Waals surface area contributed by atoms with Gasteiger partial charge in [-0.05, 0) is 174 Å². The van der Waals surface area contributed by atoms with E-state index in [1.807, 2.05) is 0 Å². The molecule has 0 heterocycles. The first-order valence-corrected chi connectivity index (χ1v) is 21.1. The highest BCUT2D eigenvalue weighted by atomic mass is 15.1. The normalized spacial score (nSPS) is 12.8. The highest BCUT2D eigenvalue weighted by Crippen LogP contribution is 2.52. The molecule has 10 aromatic carbocycles. The van der Waals surface area contributed by atoms with Crippen molar-refractivity contribution in [2.75, 3.05) is 4.90 Å². The van der Waals surface area contributed by atoms with E-state index in [0.717, 1.165) is 0 Å². The second kappa shape index (κ2) is 14.0. The van der Waals surface area contributed by atoms with Crippen molar-refractivity contribution in [3.05, 3.63) is 222 Å². The molecule has 0 radical (unpaired) electrons. The van der Waals surface area contributed by atoms with Crippen LogP contribution < -0.4 is 4.90 Å². The van der Waals surface area contributed by atoms with E-state index in [0.29, 0.717) is 0 Å². The smallest absolute Gasteiger partial charge is 0.0465 e. The Kier molecular flexibility index (Phi) is 8.36. The molecule has 11 rings (SSSR count). The van der Waals surface area contributed by atoms with E-state index < -0.39 is 0 Å². The Morgan fingerprint density at radius 1 is 0.300 bits per heavy atom. The topological polar surface area (TPSA) is 3.24 Å². The zero-order valence-electron chi connectivity index (χ0n) is 34.5. The van der Waals surface area contributed by atoms with E-state index in [-0.39, 0.29) is 5.41 Å². The lowest BCUT2D eigenvalue weighted by Crippen LogP contribution is -2.16. The average molecular weight is 768 g/mol. The second-order valence-electron chi connectivity index (χ2n) is 17.1. The molecule has 0 N–H and O–H groups in total. The van der Waals surface area contributed by atoms with Gasteiger partial charge in [-0.25, -0.2) is 0 Å². The van der Waals surface area contributed by atoms with Gasteiger partial charge < -0.3 is 4.90 Å². The van der Waals surface area contributed by atoms with Crippen molar-refractivity contribution >= 4 is 49.4 Å². The maximum Gasteiger partial charge on any atom is 0.0465 e. The van der Waals surface area contributed by atoms with Gasteiger partial charge >= 0.3 is 0 Å². The van der Waals surface area contributed by atoms with E-state index in [2.05, 4.69) is 233 Å². The molecule has 0 bridgehead atoms. The van der Waals surface area contributed by atoms with Gasteiger partial charge in [-0.1, -0.05) is 153 Å². The van der Waals surface area contributed by atoms with Crippen molar-refractivity contribution in [3.8, 4) is 44.5 Å². The first-order valence-electron chi connectivity index (χ1n) is 21.1. The fourth-order valence-corrected chi connectivity index (χ4v) is 9.94. The van der Waals surface area contributed by atoms with Crippen LogP contribution in [0.5, 0.6) is 0 Å². The Morgan fingerprint density at radius 2 is 0.767 bits per heavy atom. The van der Waals surface area contributed by atoms with Crippen LogP contribution in [-0.2, 0) is 5.41 Å². The van der Waals surface area contributed by atoms with Crippen LogP contribution in [0.2, 0.25) is 0 Å². The van der Waals surface area contributed by atoms with E-state index >= 15 is 0 Å². The molecule has 1 nitrogen and oxygen atoms in total. The molecule has 0 fully saturated rings. The van der Waals surface area contributed by atoms with Gasteiger partial charge in [-0.3, -0.25) is 0 Å². The first kappa shape index (κ1) is 35.9. The summed E-state index contributed by atoms with van der Waals surface area (Å²) in [6.45, 7) is 9.13. The van der Waals surface area contributed by atoms with Crippen LogP contribution in [0, 0.1) is 13.8 Å². The lowest BCUT2D eigenvalue weighted by molar-refractivity contribution is 0.660. The van der Waals surface area contributed by atoms with Gasteiger partial charge in [-0.15, -0.1) is 0 Å². The van der Waals surface area contributed by atoms with Crippen molar-refractivity contribution in [2.24, 2.45) is 0 Å². The molecule has 1 aliphatic carbocycles. The van der Waals surface area contributed by atoms with Crippen molar-refractivity contribution in [2.45, 2.75) is 33.1 Å². The van der Waals surface area contributed by atoms with Crippen molar-refractivity contribution < 1.29 is 0 Å². The number of hydrogen-bond donors (Lipinski definition) is 0. The highest BCUT2D eigenvalue weighted by molar-refractivity contribution is 6.24. The summed E-state index contributed by atoms with van der Waals surface area (Å²) in [6.07, 6.45) is 0. The summed E-state index contributed by atoms with van der Waals surface area (Å²) in [6, 6.07) is 74.5. The number of rotatable bonds is 6. The molecule has 10 aromatic rings. The summed E-state index contributed by atoms with van der Waals surface area (Å²) in [5.41, 5.74) is 18.6. The van der Waals surface area contributed by atoms with Gasteiger partial charge in [0.05, 0.1) is 0 Å². The molecule has 0 aromatic heterocycles.